The van der Waals surface area contributed by atoms with Gasteiger partial charge in [-0.15, -0.1) is 0 Å². The van der Waals surface area contributed by atoms with Crippen molar-refractivity contribution in [3.63, 3.8) is 0 Å². The molecule has 1 saturated heterocycles. The zero-order valence-corrected chi connectivity index (χ0v) is 15.0. The highest BCUT2D eigenvalue weighted by atomic mass is 35.5. The summed E-state index contributed by atoms with van der Waals surface area (Å²) in [5.74, 6) is -0.414. The Labute approximate surface area is 160 Å². The van der Waals surface area contributed by atoms with E-state index in [1.807, 2.05) is 30.3 Å². The van der Waals surface area contributed by atoms with Crippen LogP contribution in [0.5, 0.6) is 0 Å². The molecule has 1 aliphatic rings. The summed E-state index contributed by atoms with van der Waals surface area (Å²) in [5.41, 5.74) is 1.54. The molecule has 0 spiro atoms. The summed E-state index contributed by atoms with van der Waals surface area (Å²) in [4.78, 5) is 30.4. The van der Waals surface area contributed by atoms with Gasteiger partial charge in [-0.1, -0.05) is 48.0 Å². The van der Waals surface area contributed by atoms with Crippen LogP contribution in [0.4, 0.5) is 0 Å². The van der Waals surface area contributed by atoms with Crippen LogP contribution in [0, 0.1) is 10.1 Å². The molecular formula is C17H16ClN5O4. The molecule has 3 rings (SSSR count). The number of hydrogen-bond donors (Lipinski definition) is 0. The summed E-state index contributed by atoms with van der Waals surface area (Å²) < 4.78 is 5.44. The van der Waals surface area contributed by atoms with Crippen LogP contribution in [-0.2, 0) is 22.5 Å². The molecule has 1 aromatic heterocycles. The number of guanidine groups is 1. The third-order valence-electron chi connectivity index (χ3n) is 3.82. The predicted molar refractivity (Wildman–Crippen MR) is 97.0 cm³/mol. The van der Waals surface area contributed by atoms with Gasteiger partial charge in [0.05, 0.1) is 6.42 Å². The maximum atomic E-state index is 12.7. The molecule has 2 aromatic rings. The van der Waals surface area contributed by atoms with Gasteiger partial charge in [0.25, 0.3) is 5.96 Å². The summed E-state index contributed by atoms with van der Waals surface area (Å²) >= 11 is 5.78. The normalized spacial score (nSPS) is 15.8. The molecule has 1 aromatic carbocycles. The van der Waals surface area contributed by atoms with Crippen LogP contribution in [0.25, 0.3) is 0 Å². The first kappa shape index (κ1) is 18.7. The van der Waals surface area contributed by atoms with Crippen LogP contribution in [0.1, 0.15) is 11.1 Å². The molecule has 140 valence electrons. The summed E-state index contributed by atoms with van der Waals surface area (Å²) in [6.45, 7) is 0.185. The zero-order valence-electron chi connectivity index (χ0n) is 14.2. The Morgan fingerprint density at radius 3 is 2.67 bits per heavy atom. The lowest BCUT2D eigenvalue weighted by molar-refractivity contribution is -0.486. The molecule has 9 nitrogen and oxygen atoms in total. The SMILES string of the molecule is O=C(Cc1ccccc1)N1COCN(Cc2ccc(Cl)nc2)C1=N[N+](=O)[O-]. The topological polar surface area (TPSA) is 101 Å². The van der Waals surface area contributed by atoms with Crippen molar-refractivity contribution in [1.82, 2.24) is 14.8 Å². The smallest absolute Gasteiger partial charge is 0.284 e. The first-order chi connectivity index (χ1) is 13.0. The highest BCUT2D eigenvalue weighted by Gasteiger charge is 2.32. The number of carbonyl (C=O) groups is 1. The second-order valence-electron chi connectivity index (χ2n) is 5.77. The molecule has 0 aliphatic carbocycles. The van der Waals surface area contributed by atoms with Crippen LogP contribution < -0.4 is 0 Å². The Bertz CT molecular complexity index is 844. The minimum absolute atomic E-state index is 0.0599. The predicted octanol–water partition coefficient (Wildman–Crippen LogP) is 2.10. The third-order valence-corrected chi connectivity index (χ3v) is 4.05. The lowest BCUT2D eigenvalue weighted by Gasteiger charge is -2.35. The molecule has 1 amide bonds. The minimum atomic E-state index is -0.823. The number of ether oxygens (including phenoxy) is 1. The van der Waals surface area contributed by atoms with E-state index in [9.17, 15) is 14.9 Å². The van der Waals surface area contributed by atoms with Crippen molar-refractivity contribution in [2.45, 2.75) is 13.0 Å². The van der Waals surface area contributed by atoms with Crippen LogP contribution in [0.15, 0.2) is 53.8 Å². The van der Waals surface area contributed by atoms with Crippen molar-refractivity contribution < 1.29 is 14.6 Å². The van der Waals surface area contributed by atoms with Crippen molar-refractivity contribution in [3.05, 3.63) is 75.1 Å². The average molecular weight is 390 g/mol. The standard InChI is InChI=1S/C17H16ClN5O4/c18-15-7-6-14(9-19-15)10-21-11-27-12-22(17(21)20-23(25)26)16(24)8-13-4-2-1-3-5-13/h1-7,9H,8,10-12H2. The number of hydrazone groups is 1. The van der Waals surface area contributed by atoms with Crippen LogP contribution in [-0.4, -0.2) is 45.1 Å². The first-order valence-electron chi connectivity index (χ1n) is 8.03. The van der Waals surface area contributed by atoms with E-state index in [4.69, 9.17) is 16.3 Å². The minimum Gasteiger partial charge on any atom is -0.340 e. The molecule has 2 heterocycles. The van der Waals surface area contributed by atoms with Gasteiger partial charge >= 0.3 is 0 Å². The van der Waals surface area contributed by atoms with E-state index < -0.39 is 5.03 Å². The van der Waals surface area contributed by atoms with E-state index in [1.54, 1.807) is 18.3 Å². The lowest BCUT2D eigenvalue weighted by atomic mass is 10.1. The maximum Gasteiger partial charge on any atom is 0.284 e. The second-order valence-corrected chi connectivity index (χ2v) is 6.16. The van der Waals surface area contributed by atoms with Crippen molar-refractivity contribution in [2.75, 3.05) is 13.5 Å². The molecule has 0 unspecified atom stereocenters. The number of pyridine rings is 1. The van der Waals surface area contributed by atoms with Gasteiger partial charge in [-0.05, 0) is 17.2 Å². The van der Waals surface area contributed by atoms with Gasteiger partial charge in [0, 0.05) is 12.7 Å². The number of aromatic nitrogens is 1. The summed E-state index contributed by atoms with van der Waals surface area (Å²) in [6.07, 6.45) is 1.63. The molecule has 0 saturated carbocycles. The van der Waals surface area contributed by atoms with E-state index >= 15 is 0 Å². The van der Waals surface area contributed by atoms with Gasteiger partial charge in [-0.25, -0.2) is 15.1 Å². The molecule has 27 heavy (non-hydrogen) atoms. The Morgan fingerprint density at radius 1 is 1.22 bits per heavy atom. The van der Waals surface area contributed by atoms with Gasteiger partial charge in [0.15, 0.2) is 5.03 Å². The van der Waals surface area contributed by atoms with E-state index in [1.165, 1.54) is 9.80 Å². The zero-order chi connectivity index (χ0) is 19.2. The third kappa shape index (κ3) is 4.99. The summed E-state index contributed by atoms with van der Waals surface area (Å²) in [5, 5.41) is 14.0. The fraction of sp³-hybridized carbons (Fsp3) is 0.235. The van der Waals surface area contributed by atoms with Crippen LogP contribution >= 0.6 is 11.6 Å². The summed E-state index contributed by atoms with van der Waals surface area (Å²) in [7, 11) is 0. The van der Waals surface area contributed by atoms with Gasteiger partial charge in [0.1, 0.15) is 23.7 Å². The van der Waals surface area contributed by atoms with Gasteiger partial charge < -0.3 is 9.64 Å². The van der Waals surface area contributed by atoms with Crippen molar-refractivity contribution in [1.29, 1.82) is 0 Å². The highest BCUT2D eigenvalue weighted by molar-refractivity contribution is 6.29. The largest absolute Gasteiger partial charge is 0.340 e. The number of rotatable bonds is 5. The monoisotopic (exact) mass is 389 g/mol. The fourth-order valence-corrected chi connectivity index (χ4v) is 2.72. The highest BCUT2D eigenvalue weighted by Crippen LogP contribution is 2.15. The first-order valence-corrected chi connectivity index (χ1v) is 8.41. The van der Waals surface area contributed by atoms with Gasteiger partial charge in [-0.2, -0.15) is 0 Å². The van der Waals surface area contributed by atoms with E-state index in [-0.39, 0.29) is 38.3 Å². The van der Waals surface area contributed by atoms with Crippen LogP contribution in [0.3, 0.4) is 0 Å². The van der Waals surface area contributed by atoms with E-state index in [0.29, 0.717) is 5.15 Å². The number of amides is 1. The van der Waals surface area contributed by atoms with E-state index in [2.05, 4.69) is 10.1 Å². The molecule has 0 atom stereocenters. The van der Waals surface area contributed by atoms with Crippen molar-refractivity contribution in [3.8, 4) is 0 Å². The molecule has 1 fully saturated rings. The molecule has 1 aliphatic heterocycles. The number of halogens is 1. The Kier molecular flexibility index (Phi) is 5.94. The molecule has 0 radical (unpaired) electrons. The maximum absolute atomic E-state index is 12.7. The quantitative estimate of drug-likeness (QED) is 0.441. The van der Waals surface area contributed by atoms with Gasteiger partial charge in [-0.3, -0.25) is 9.69 Å². The van der Waals surface area contributed by atoms with Crippen LogP contribution in [0.2, 0.25) is 5.15 Å². The van der Waals surface area contributed by atoms with E-state index in [0.717, 1.165) is 11.1 Å². The second kappa shape index (κ2) is 8.56. The lowest BCUT2D eigenvalue weighted by Crippen LogP contribution is -2.54. The Balaban J connectivity index is 1.81. The number of nitrogens with zero attached hydrogens (tertiary/aromatic N) is 5. The summed E-state index contributed by atoms with van der Waals surface area (Å²) in [6, 6.07) is 12.5. The van der Waals surface area contributed by atoms with Gasteiger partial charge in [0.2, 0.25) is 5.91 Å². The number of benzene rings is 1. The average Bonchev–Trinajstić information content (AvgIpc) is 2.65. The molecular weight excluding hydrogens is 374 g/mol. The Morgan fingerprint density at radius 2 is 2.00 bits per heavy atom. The number of hydrogen-bond acceptors (Lipinski definition) is 5. The Hall–Kier alpha value is -3.04. The molecule has 0 bridgehead atoms. The number of nitro groups is 1. The molecule has 0 N–H and O–H groups in total. The van der Waals surface area contributed by atoms with Crippen molar-refractivity contribution in [2.24, 2.45) is 5.10 Å². The fourth-order valence-electron chi connectivity index (χ4n) is 2.60. The molecule has 10 heteroatoms. The van der Waals surface area contributed by atoms with Crippen molar-refractivity contribution >= 4 is 23.5 Å². The number of carbonyl (C=O) groups excluding carboxylic acids is 1.